The van der Waals surface area contributed by atoms with Crippen molar-refractivity contribution in [2.24, 2.45) is 0 Å². The van der Waals surface area contributed by atoms with Crippen molar-refractivity contribution >= 4 is 48.4 Å². The molecule has 1 unspecified atom stereocenters. The van der Waals surface area contributed by atoms with Crippen molar-refractivity contribution in [1.82, 2.24) is 0 Å². The van der Waals surface area contributed by atoms with Crippen molar-refractivity contribution in [2.45, 2.75) is 71.2 Å². The van der Waals surface area contributed by atoms with E-state index in [2.05, 4.69) is 85.8 Å². The predicted molar refractivity (Wildman–Crippen MR) is 134 cm³/mol. The van der Waals surface area contributed by atoms with Gasteiger partial charge in [0.05, 0.1) is 0 Å². The summed E-state index contributed by atoms with van der Waals surface area (Å²) in [5, 5.41) is 0. The van der Waals surface area contributed by atoms with Crippen LogP contribution in [0, 0.1) is 13.8 Å². The van der Waals surface area contributed by atoms with Gasteiger partial charge in [0.2, 0.25) is 0 Å². The van der Waals surface area contributed by atoms with Gasteiger partial charge in [-0.25, -0.2) is 0 Å². The smallest absolute Gasteiger partial charge is 0.147 e. The van der Waals surface area contributed by atoms with Gasteiger partial charge in [-0.05, 0) is 0 Å². The molecule has 0 N–H and O–H groups in total. The Bertz CT molecular complexity index is 899. The fraction of sp³-hybridized carbons (Fsp3) is 0.478. The molecular weight excluding hydrogens is 471 g/mol. The minimum absolute atomic E-state index is 0. The largest absolute Gasteiger partial charge is 0.147 e. The van der Waals surface area contributed by atoms with Crippen LogP contribution < -0.4 is 3.32 Å². The molecule has 2 aromatic rings. The minimum Gasteiger partial charge on any atom is -0.147 e. The van der Waals surface area contributed by atoms with Crippen molar-refractivity contribution in [3.63, 3.8) is 0 Å². The van der Waals surface area contributed by atoms with Gasteiger partial charge in [0, 0.05) is 0 Å². The normalized spacial score (nSPS) is 15.7. The third-order valence-corrected chi connectivity index (χ3v) is 18.1. The van der Waals surface area contributed by atoms with Gasteiger partial charge in [-0.1, -0.05) is 0 Å². The maximum atomic E-state index is 6.96. The number of allylic oxidation sites excluding steroid dienone is 2. The molecular formula is C23H35Cl2OSSiTi. The maximum absolute atomic E-state index is 6.96. The van der Waals surface area contributed by atoms with Crippen LogP contribution in [0.15, 0.2) is 29.8 Å². The molecule has 1 aliphatic carbocycles. The summed E-state index contributed by atoms with van der Waals surface area (Å²) in [7, 11) is 0. The van der Waals surface area contributed by atoms with Crippen LogP contribution in [0.25, 0.3) is 5.57 Å². The van der Waals surface area contributed by atoms with Gasteiger partial charge < -0.3 is 0 Å². The molecule has 161 valence electrons. The molecule has 1 nitrogen and oxygen atoms in total. The van der Waals surface area contributed by atoms with Gasteiger partial charge in [-0.15, -0.1) is 24.8 Å². The molecule has 0 saturated carbocycles. The van der Waals surface area contributed by atoms with Crippen LogP contribution in [0.1, 0.15) is 65.3 Å². The molecule has 3 rings (SSSR count). The number of hydrogen-bond acceptors (Lipinski definition) is 2. The van der Waals surface area contributed by atoms with Gasteiger partial charge in [0.25, 0.3) is 0 Å². The fourth-order valence-electron chi connectivity index (χ4n) is 3.89. The van der Waals surface area contributed by atoms with Crippen LogP contribution in [-0.2, 0) is 22.9 Å². The second-order valence-electron chi connectivity index (χ2n) is 9.32. The number of benzene rings is 1. The van der Waals surface area contributed by atoms with Crippen molar-refractivity contribution in [3.05, 3.63) is 56.3 Å². The van der Waals surface area contributed by atoms with Crippen molar-refractivity contribution < 1.29 is 20.8 Å². The summed E-state index contributed by atoms with van der Waals surface area (Å²) in [5.74, 6) is 1.11. The van der Waals surface area contributed by atoms with Crippen molar-refractivity contribution in [3.8, 4) is 5.75 Å². The summed E-state index contributed by atoms with van der Waals surface area (Å²) in [6.45, 7) is 20.1. The van der Waals surface area contributed by atoms with Crippen molar-refractivity contribution in [2.75, 3.05) is 0 Å². The first-order chi connectivity index (χ1) is 12.5. The molecule has 6 heteroatoms. The Morgan fingerprint density at radius 2 is 1.59 bits per heavy atom. The van der Waals surface area contributed by atoms with Crippen LogP contribution in [-0.4, -0.2) is 6.66 Å². The van der Waals surface area contributed by atoms with Crippen molar-refractivity contribution in [1.29, 1.82) is 0 Å². The zero-order valence-corrected chi connectivity index (χ0v) is 24.3. The maximum Gasteiger partial charge on any atom is -0.147 e. The summed E-state index contributed by atoms with van der Waals surface area (Å²) in [5.41, 5.74) is 7.42. The molecule has 0 aliphatic heterocycles. The molecule has 0 radical (unpaired) electrons. The number of aryl methyl sites for hydroxylation is 2. The van der Waals surface area contributed by atoms with Crippen LogP contribution in [0.4, 0.5) is 0 Å². The van der Waals surface area contributed by atoms with Crippen LogP contribution >= 0.6 is 36.2 Å². The quantitative estimate of drug-likeness (QED) is 0.383. The second kappa shape index (κ2) is 10.1. The number of thiophene rings is 1. The number of halogens is 2. The third kappa shape index (κ3) is 5.61. The van der Waals surface area contributed by atoms with E-state index in [0.717, 1.165) is 5.75 Å². The zero-order chi connectivity index (χ0) is 20.1. The Balaban J connectivity index is 0.00000210. The molecule has 1 aromatic carbocycles. The number of hydrogen-bond donors (Lipinski definition) is 0. The molecule has 29 heavy (non-hydrogen) atoms. The Labute approximate surface area is 201 Å². The minimum atomic E-state index is -1.75. The number of rotatable bonds is 4. The SMILES string of the molecule is CC1=C(C)[CH]([Ti]([O]c2cc(C)cc(C(C)(C)C)c2)[SiH](C)C)c2sc(C)cc21.Cl.Cl. The monoisotopic (exact) mass is 505 g/mol. The summed E-state index contributed by atoms with van der Waals surface area (Å²) in [6, 6.07) is 9.25. The average molecular weight is 506 g/mol. The zero-order valence-electron chi connectivity index (χ0n) is 19.1. The van der Waals surface area contributed by atoms with E-state index in [1.165, 1.54) is 27.1 Å². The van der Waals surface area contributed by atoms with Gasteiger partial charge in [-0.2, -0.15) is 0 Å². The molecule has 0 amide bonds. The molecule has 1 aliphatic rings. The van der Waals surface area contributed by atoms with E-state index in [1.54, 1.807) is 10.5 Å². The Morgan fingerprint density at radius 1 is 0.966 bits per heavy atom. The van der Waals surface area contributed by atoms with Gasteiger partial charge >= 0.3 is 178 Å². The standard InChI is InChI=1S/C11H16O.C10H11S.C2H7Si.2ClH.Ti/c1-8-5-9(11(2,3)4)7-10(12)6-8;1-6-4-10-9(8(6)3)5-7(2)11-10;1-3-2;;;/h5-7,12H,1-4H3;4-5H,1-3H3;3H,1-2H3;2*1H;/q;;;;;+1/p-1. The topological polar surface area (TPSA) is 9.23 Å². The molecule has 0 spiro atoms. The fourth-order valence-corrected chi connectivity index (χ4v) is 16.1. The Morgan fingerprint density at radius 3 is 2.14 bits per heavy atom. The van der Waals surface area contributed by atoms with Gasteiger partial charge in [0.15, 0.2) is 0 Å². The molecule has 1 heterocycles. The first-order valence-corrected chi connectivity index (χ1v) is 17.9. The van der Waals surface area contributed by atoms with E-state index in [0.29, 0.717) is 4.22 Å². The van der Waals surface area contributed by atoms with E-state index in [4.69, 9.17) is 3.32 Å². The summed E-state index contributed by atoms with van der Waals surface area (Å²) in [6.07, 6.45) is 0. The Kier molecular flexibility index (Phi) is 9.37. The predicted octanol–water partition coefficient (Wildman–Crippen LogP) is 7.95. The van der Waals surface area contributed by atoms with Gasteiger partial charge in [0.1, 0.15) is 0 Å². The van der Waals surface area contributed by atoms with E-state index in [-0.39, 0.29) is 30.2 Å². The van der Waals surface area contributed by atoms with E-state index < -0.39 is 24.2 Å². The van der Waals surface area contributed by atoms with Crippen LogP contribution in [0.3, 0.4) is 0 Å². The van der Waals surface area contributed by atoms with Crippen LogP contribution in [0.2, 0.25) is 13.1 Å². The first-order valence-electron chi connectivity index (χ1n) is 9.94. The molecule has 1 atom stereocenters. The van der Waals surface area contributed by atoms with Crippen LogP contribution in [0.5, 0.6) is 5.75 Å². The Hall–Kier alpha value is -0.0288. The first kappa shape index (κ1) is 27.0. The van der Waals surface area contributed by atoms with Gasteiger partial charge in [-0.3, -0.25) is 0 Å². The molecule has 0 fully saturated rings. The summed E-state index contributed by atoms with van der Waals surface area (Å²) in [4.78, 5) is 3.03. The summed E-state index contributed by atoms with van der Waals surface area (Å²) >= 11 is 0.252. The van der Waals surface area contributed by atoms with E-state index >= 15 is 0 Å². The summed E-state index contributed by atoms with van der Waals surface area (Å²) < 4.78 is 7.55. The second-order valence-corrected chi connectivity index (χ2v) is 23.1. The van der Waals surface area contributed by atoms with E-state index in [1.807, 2.05) is 11.3 Å². The molecule has 0 bridgehead atoms. The van der Waals surface area contributed by atoms with E-state index in [9.17, 15) is 0 Å². The molecule has 1 aromatic heterocycles. The number of fused-ring (bicyclic) bond motifs is 1. The molecule has 0 saturated heterocycles. The average Bonchev–Trinajstić information content (AvgIpc) is 3.02. The third-order valence-electron chi connectivity index (χ3n) is 5.58.